The minimum Gasteiger partial charge on any atom is -0.351 e. The van der Waals surface area contributed by atoms with Gasteiger partial charge in [0.25, 0.3) is 16.0 Å². The Kier molecular flexibility index (Phi) is 4.91. The van der Waals surface area contributed by atoms with Gasteiger partial charge in [-0.15, -0.1) is 11.3 Å². The molecule has 1 aromatic heterocycles. The highest BCUT2D eigenvalue weighted by Gasteiger charge is 2.05. The van der Waals surface area contributed by atoms with Crippen LogP contribution in [0.3, 0.4) is 0 Å². The van der Waals surface area contributed by atoms with E-state index in [0.717, 1.165) is 6.26 Å². The van der Waals surface area contributed by atoms with Crippen molar-refractivity contribution in [2.24, 2.45) is 0 Å². The van der Waals surface area contributed by atoms with Crippen LogP contribution in [0.5, 0.6) is 0 Å². The van der Waals surface area contributed by atoms with Crippen molar-refractivity contribution in [2.45, 2.75) is 6.42 Å². The van der Waals surface area contributed by atoms with E-state index in [1.54, 1.807) is 12.1 Å². The molecule has 0 aromatic carbocycles. The molecule has 16 heavy (non-hydrogen) atoms. The Labute approximate surface area is 98.6 Å². The zero-order chi connectivity index (χ0) is 12.0. The Morgan fingerprint density at radius 3 is 2.88 bits per heavy atom. The molecule has 0 bridgehead atoms. The molecule has 0 atom stereocenters. The fourth-order valence-electron chi connectivity index (χ4n) is 0.979. The van der Waals surface area contributed by atoms with Crippen LogP contribution >= 0.6 is 11.3 Å². The lowest BCUT2D eigenvalue weighted by molar-refractivity contribution is 0.0956. The van der Waals surface area contributed by atoms with Crippen molar-refractivity contribution in [3.8, 4) is 0 Å². The molecule has 0 aliphatic rings. The van der Waals surface area contributed by atoms with Crippen molar-refractivity contribution in [3.63, 3.8) is 0 Å². The first-order valence-electron chi connectivity index (χ1n) is 4.65. The number of amides is 1. The molecule has 0 aliphatic heterocycles. The average Bonchev–Trinajstić information content (AvgIpc) is 2.67. The molecule has 1 heterocycles. The first-order valence-corrected chi connectivity index (χ1v) is 7.35. The SMILES string of the molecule is CS(=O)(=O)OCCCNC(=O)c1cccs1. The minimum absolute atomic E-state index is 0.0869. The van der Waals surface area contributed by atoms with E-state index in [-0.39, 0.29) is 12.5 Å². The summed E-state index contributed by atoms with van der Waals surface area (Å²) >= 11 is 1.36. The van der Waals surface area contributed by atoms with E-state index in [9.17, 15) is 13.2 Å². The van der Waals surface area contributed by atoms with Crippen LogP contribution in [0.2, 0.25) is 0 Å². The highest BCUT2D eigenvalue weighted by molar-refractivity contribution is 7.85. The number of rotatable bonds is 6. The number of hydrogen-bond acceptors (Lipinski definition) is 5. The number of nitrogens with one attached hydrogen (secondary N) is 1. The molecule has 0 aliphatic carbocycles. The number of carbonyl (C=O) groups excluding carboxylic acids is 1. The second kappa shape index (κ2) is 5.97. The van der Waals surface area contributed by atoms with Gasteiger partial charge in [0.2, 0.25) is 0 Å². The lowest BCUT2D eigenvalue weighted by Gasteiger charge is -2.03. The second-order valence-corrected chi connectivity index (χ2v) is 5.70. The van der Waals surface area contributed by atoms with Crippen molar-refractivity contribution in [3.05, 3.63) is 22.4 Å². The van der Waals surface area contributed by atoms with Crippen LogP contribution in [0.4, 0.5) is 0 Å². The second-order valence-electron chi connectivity index (χ2n) is 3.11. The maximum atomic E-state index is 11.4. The van der Waals surface area contributed by atoms with E-state index < -0.39 is 10.1 Å². The molecule has 1 rings (SSSR count). The van der Waals surface area contributed by atoms with E-state index in [2.05, 4.69) is 9.50 Å². The van der Waals surface area contributed by atoms with E-state index in [1.165, 1.54) is 11.3 Å². The third-order valence-corrected chi connectivity index (χ3v) is 3.11. The van der Waals surface area contributed by atoms with Gasteiger partial charge in [-0.3, -0.25) is 8.98 Å². The smallest absolute Gasteiger partial charge is 0.264 e. The summed E-state index contributed by atoms with van der Waals surface area (Å²) in [6.45, 7) is 0.482. The van der Waals surface area contributed by atoms with Crippen LogP contribution in [0.1, 0.15) is 16.1 Å². The van der Waals surface area contributed by atoms with Gasteiger partial charge in [-0.05, 0) is 17.9 Å². The zero-order valence-corrected chi connectivity index (χ0v) is 10.4. The number of carbonyl (C=O) groups is 1. The predicted octanol–water partition coefficient (Wildman–Crippen LogP) is 0.844. The molecule has 1 N–H and O–H groups in total. The van der Waals surface area contributed by atoms with E-state index in [4.69, 9.17) is 0 Å². The number of thiophene rings is 1. The molecule has 0 radical (unpaired) electrons. The fourth-order valence-corrected chi connectivity index (χ4v) is 2.04. The molecule has 1 aromatic rings. The van der Waals surface area contributed by atoms with Crippen molar-refractivity contribution >= 4 is 27.4 Å². The van der Waals surface area contributed by atoms with Crippen LogP contribution in [0.15, 0.2) is 17.5 Å². The van der Waals surface area contributed by atoms with Gasteiger partial charge in [-0.1, -0.05) is 6.07 Å². The molecule has 5 nitrogen and oxygen atoms in total. The summed E-state index contributed by atoms with van der Waals surface area (Å²) < 4.78 is 25.7. The Balaban J connectivity index is 2.15. The summed E-state index contributed by atoms with van der Waals surface area (Å²) in [6, 6.07) is 3.53. The standard InChI is InChI=1S/C9H13NO4S2/c1-16(12,13)14-6-3-5-10-9(11)8-4-2-7-15-8/h2,4,7H,3,5-6H2,1H3,(H,10,11). The Morgan fingerprint density at radius 2 is 2.31 bits per heavy atom. The average molecular weight is 263 g/mol. The summed E-state index contributed by atoms with van der Waals surface area (Å²) in [4.78, 5) is 12.0. The normalized spacial score (nSPS) is 11.3. The minimum atomic E-state index is -3.38. The summed E-state index contributed by atoms with van der Waals surface area (Å²) in [6.07, 6.45) is 1.46. The van der Waals surface area contributed by atoms with Gasteiger partial charge in [0.1, 0.15) is 0 Å². The first-order chi connectivity index (χ1) is 7.49. The summed E-state index contributed by atoms with van der Waals surface area (Å²) in [5, 5.41) is 4.49. The van der Waals surface area contributed by atoms with Gasteiger partial charge >= 0.3 is 0 Å². The summed E-state index contributed by atoms with van der Waals surface area (Å²) in [5.74, 6) is -0.144. The number of hydrogen-bond donors (Lipinski definition) is 1. The molecule has 0 spiro atoms. The molecule has 90 valence electrons. The lowest BCUT2D eigenvalue weighted by atomic mass is 10.4. The van der Waals surface area contributed by atoms with Crippen LogP contribution in [-0.2, 0) is 14.3 Å². The molecular weight excluding hydrogens is 250 g/mol. The Bertz CT molecular complexity index is 424. The van der Waals surface area contributed by atoms with Gasteiger partial charge < -0.3 is 5.32 Å². The molecule has 0 fully saturated rings. The largest absolute Gasteiger partial charge is 0.351 e. The third-order valence-electron chi connectivity index (χ3n) is 1.65. The zero-order valence-electron chi connectivity index (χ0n) is 8.80. The van der Waals surface area contributed by atoms with Crippen LogP contribution in [0.25, 0.3) is 0 Å². The molecular formula is C9H13NO4S2. The van der Waals surface area contributed by atoms with Gasteiger partial charge in [0.15, 0.2) is 0 Å². The fraction of sp³-hybridized carbons (Fsp3) is 0.444. The van der Waals surface area contributed by atoms with Gasteiger partial charge in [0.05, 0.1) is 17.7 Å². The van der Waals surface area contributed by atoms with E-state index in [0.29, 0.717) is 17.8 Å². The van der Waals surface area contributed by atoms with Crippen molar-refractivity contribution in [1.29, 1.82) is 0 Å². The highest BCUT2D eigenvalue weighted by Crippen LogP contribution is 2.07. The topological polar surface area (TPSA) is 72.5 Å². The Hall–Kier alpha value is -0.920. The van der Waals surface area contributed by atoms with Crippen molar-refractivity contribution in [2.75, 3.05) is 19.4 Å². The molecule has 1 amide bonds. The quantitative estimate of drug-likeness (QED) is 0.610. The molecule has 0 saturated carbocycles. The van der Waals surface area contributed by atoms with E-state index >= 15 is 0 Å². The third kappa shape index (κ3) is 5.24. The summed E-state index contributed by atoms with van der Waals surface area (Å²) in [7, 11) is -3.38. The monoisotopic (exact) mass is 263 g/mol. The lowest BCUT2D eigenvalue weighted by Crippen LogP contribution is -2.24. The first kappa shape index (κ1) is 13.1. The van der Waals surface area contributed by atoms with Crippen LogP contribution in [-0.4, -0.2) is 33.7 Å². The summed E-state index contributed by atoms with van der Waals surface area (Å²) in [5.41, 5.74) is 0. The van der Waals surface area contributed by atoms with Crippen molar-refractivity contribution in [1.82, 2.24) is 5.32 Å². The maximum Gasteiger partial charge on any atom is 0.264 e. The highest BCUT2D eigenvalue weighted by atomic mass is 32.2. The maximum absolute atomic E-state index is 11.4. The van der Waals surface area contributed by atoms with Crippen molar-refractivity contribution < 1.29 is 17.4 Å². The van der Waals surface area contributed by atoms with E-state index in [1.807, 2.05) is 5.38 Å². The van der Waals surface area contributed by atoms with Gasteiger partial charge in [0, 0.05) is 6.54 Å². The van der Waals surface area contributed by atoms with Gasteiger partial charge in [-0.25, -0.2) is 0 Å². The van der Waals surface area contributed by atoms with Gasteiger partial charge in [-0.2, -0.15) is 8.42 Å². The molecule has 7 heteroatoms. The predicted molar refractivity (Wildman–Crippen MR) is 62.1 cm³/mol. The van der Waals surface area contributed by atoms with Crippen LogP contribution in [0, 0.1) is 0 Å². The Morgan fingerprint density at radius 1 is 1.56 bits per heavy atom. The van der Waals surface area contributed by atoms with Crippen LogP contribution < -0.4 is 5.32 Å². The molecule has 0 unspecified atom stereocenters. The molecule has 0 saturated heterocycles.